The van der Waals surface area contributed by atoms with Crippen molar-refractivity contribution in [2.24, 2.45) is 0 Å². The van der Waals surface area contributed by atoms with Crippen molar-refractivity contribution in [3.8, 4) is 39.1 Å². The molecule has 276 valence electrons. The summed E-state index contributed by atoms with van der Waals surface area (Å²) in [4.78, 5) is 2.35. The second-order valence-electron chi connectivity index (χ2n) is 16.6. The first-order chi connectivity index (χ1) is 27.6. The van der Waals surface area contributed by atoms with Crippen molar-refractivity contribution in [3.63, 3.8) is 0 Å². The predicted molar refractivity (Wildman–Crippen MR) is 243 cm³/mol. The molecule has 0 saturated carbocycles. The van der Waals surface area contributed by atoms with Crippen molar-refractivity contribution in [1.29, 1.82) is 0 Å². The van der Waals surface area contributed by atoms with Gasteiger partial charge in [-0.05, 0) is 151 Å². The van der Waals surface area contributed by atoms with Gasteiger partial charge in [0.05, 0.1) is 11.0 Å². The van der Waals surface area contributed by atoms with Crippen LogP contribution >= 0.6 is 0 Å². The number of benzene rings is 8. The van der Waals surface area contributed by atoms with Gasteiger partial charge in [-0.15, -0.1) is 0 Å². The van der Waals surface area contributed by atoms with Crippen molar-refractivity contribution in [3.05, 3.63) is 203 Å². The molecule has 0 unspecified atom stereocenters. The van der Waals surface area contributed by atoms with E-state index < -0.39 is 0 Å². The summed E-state index contributed by atoms with van der Waals surface area (Å²) in [5.41, 5.74) is 22.5. The zero-order valence-electron chi connectivity index (χ0n) is 33.6. The minimum absolute atomic E-state index is 0.0338. The summed E-state index contributed by atoms with van der Waals surface area (Å²) in [6, 6.07) is 63.3. The molecule has 9 aromatic rings. The SMILES string of the molecule is Cc1ccc(N(c2ccc(-c3ccc(-n4c5ccc(C)cc5c5cc(C)ccc54)cc3)cc2)c2ccc(-c3ccc4c(c3)C(C)(C)c3cc(C)ccc3-4)cc2)cc1. The fourth-order valence-electron chi connectivity index (χ4n) is 9.11. The Labute approximate surface area is 336 Å². The van der Waals surface area contributed by atoms with Gasteiger partial charge in [-0.25, -0.2) is 0 Å². The van der Waals surface area contributed by atoms with Crippen LogP contribution in [0.15, 0.2) is 170 Å². The van der Waals surface area contributed by atoms with Crippen LogP contribution in [0.2, 0.25) is 0 Å². The average Bonchev–Trinajstić information content (AvgIpc) is 3.65. The molecule has 0 N–H and O–H groups in total. The van der Waals surface area contributed by atoms with Gasteiger partial charge in [0.1, 0.15) is 0 Å². The number of anilines is 3. The highest BCUT2D eigenvalue weighted by molar-refractivity contribution is 6.09. The van der Waals surface area contributed by atoms with Crippen LogP contribution in [0, 0.1) is 27.7 Å². The Morgan fingerprint density at radius 3 is 1.30 bits per heavy atom. The Kier molecular flexibility index (Phi) is 8.09. The molecule has 1 aliphatic carbocycles. The van der Waals surface area contributed by atoms with E-state index in [1.807, 2.05) is 0 Å². The van der Waals surface area contributed by atoms with Crippen LogP contribution in [-0.4, -0.2) is 4.57 Å². The Morgan fingerprint density at radius 1 is 0.368 bits per heavy atom. The molecule has 2 heteroatoms. The van der Waals surface area contributed by atoms with Gasteiger partial charge in [-0.3, -0.25) is 0 Å². The molecule has 1 aromatic heterocycles. The first kappa shape index (κ1) is 34.8. The van der Waals surface area contributed by atoms with E-state index in [1.165, 1.54) is 94.3 Å². The van der Waals surface area contributed by atoms with Crippen molar-refractivity contribution in [2.45, 2.75) is 47.0 Å². The van der Waals surface area contributed by atoms with Crippen LogP contribution in [0.25, 0.3) is 60.9 Å². The highest BCUT2D eigenvalue weighted by Gasteiger charge is 2.35. The van der Waals surface area contributed by atoms with Crippen molar-refractivity contribution >= 4 is 38.9 Å². The number of aryl methyl sites for hydroxylation is 4. The van der Waals surface area contributed by atoms with Gasteiger partial charge in [-0.1, -0.05) is 127 Å². The lowest BCUT2D eigenvalue weighted by Crippen LogP contribution is -2.15. The summed E-state index contributed by atoms with van der Waals surface area (Å²) >= 11 is 0. The van der Waals surface area contributed by atoms with Crippen LogP contribution in [0.5, 0.6) is 0 Å². The lowest BCUT2D eigenvalue weighted by atomic mass is 9.81. The van der Waals surface area contributed by atoms with E-state index in [9.17, 15) is 0 Å². The van der Waals surface area contributed by atoms with E-state index in [0.717, 1.165) is 17.1 Å². The normalized spacial score (nSPS) is 12.9. The maximum Gasteiger partial charge on any atom is 0.0541 e. The highest BCUT2D eigenvalue weighted by Crippen LogP contribution is 2.50. The van der Waals surface area contributed by atoms with Crippen molar-refractivity contribution in [2.75, 3.05) is 4.90 Å². The lowest BCUT2D eigenvalue weighted by Gasteiger charge is -2.26. The maximum absolute atomic E-state index is 2.41. The molecule has 57 heavy (non-hydrogen) atoms. The van der Waals surface area contributed by atoms with Gasteiger partial charge in [0.25, 0.3) is 0 Å². The van der Waals surface area contributed by atoms with Gasteiger partial charge in [0.15, 0.2) is 0 Å². The Balaban J connectivity index is 0.960. The van der Waals surface area contributed by atoms with Gasteiger partial charge >= 0.3 is 0 Å². The first-order valence-corrected chi connectivity index (χ1v) is 20.1. The number of nitrogens with zero attached hydrogens (tertiary/aromatic N) is 2. The van der Waals surface area contributed by atoms with E-state index >= 15 is 0 Å². The molecule has 1 aliphatic rings. The van der Waals surface area contributed by atoms with Crippen LogP contribution < -0.4 is 4.90 Å². The van der Waals surface area contributed by atoms with Gasteiger partial charge in [0.2, 0.25) is 0 Å². The minimum Gasteiger partial charge on any atom is -0.311 e. The van der Waals surface area contributed by atoms with Gasteiger partial charge < -0.3 is 9.47 Å². The third kappa shape index (κ3) is 5.87. The van der Waals surface area contributed by atoms with Crippen molar-refractivity contribution < 1.29 is 0 Å². The maximum atomic E-state index is 2.41. The predicted octanol–water partition coefficient (Wildman–Crippen LogP) is 15.1. The van der Waals surface area contributed by atoms with E-state index in [1.54, 1.807) is 0 Å². The molecule has 2 nitrogen and oxygen atoms in total. The first-order valence-electron chi connectivity index (χ1n) is 20.1. The Hall–Kier alpha value is -6.64. The summed E-state index contributed by atoms with van der Waals surface area (Å²) in [6.07, 6.45) is 0. The summed E-state index contributed by atoms with van der Waals surface area (Å²) < 4.78 is 2.39. The van der Waals surface area contributed by atoms with Crippen LogP contribution in [0.4, 0.5) is 17.1 Å². The minimum atomic E-state index is -0.0338. The molecule has 0 spiro atoms. The monoisotopic (exact) mass is 734 g/mol. The molecule has 0 radical (unpaired) electrons. The molecular formula is C55H46N2. The third-order valence-electron chi connectivity index (χ3n) is 12.2. The molecule has 8 aromatic carbocycles. The third-order valence-corrected chi connectivity index (χ3v) is 12.2. The number of hydrogen-bond donors (Lipinski definition) is 0. The molecule has 0 bridgehead atoms. The van der Waals surface area contributed by atoms with E-state index in [-0.39, 0.29) is 5.41 Å². The molecule has 0 atom stereocenters. The molecule has 10 rings (SSSR count). The lowest BCUT2D eigenvalue weighted by molar-refractivity contribution is 0.660. The fraction of sp³-hybridized carbons (Fsp3) is 0.127. The highest BCUT2D eigenvalue weighted by atomic mass is 15.1. The van der Waals surface area contributed by atoms with Crippen LogP contribution in [0.3, 0.4) is 0 Å². The number of aromatic nitrogens is 1. The number of fused-ring (bicyclic) bond motifs is 6. The molecule has 0 amide bonds. The Bertz CT molecular complexity index is 2920. The quantitative estimate of drug-likeness (QED) is 0.165. The second-order valence-corrected chi connectivity index (χ2v) is 16.6. The molecule has 0 aliphatic heterocycles. The second kappa shape index (κ2) is 13.2. The Morgan fingerprint density at radius 2 is 0.754 bits per heavy atom. The molecule has 0 fully saturated rings. The average molecular weight is 735 g/mol. The zero-order chi connectivity index (χ0) is 39.0. The van der Waals surface area contributed by atoms with E-state index in [0.29, 0.717) is 0 Å². The topological polar surface area (TPSA) is 8.17 Å². The van der Waals surface area contributed by atoms with Gasteiger partial charge in [-0.2, -0.15) is 0 Å². The van der Waals surface area contributed by atoms with Crippen LogP contribution in [0.1, 0.15) is 47.2 Å². The van der Waals surface area contributed by atoms with Crippen LogP contribution in [-0.2, 0) is 5.41 Å². The number of hydrogen-bond acceptors (Lipinski definition) is 1. The van der Waals surface area contributed by atoms with Gasteiger partial charge in [0, 0.05) is 38.9 Å². The smallest absolute Gasteiger partial charge is 0.0541 e. The molecule has 1 heterocycles. The standard InChI is InChI=1S/C55H46N2/c1-35-7-19-43(20-8-35)56(45-23-16-41(17-24-45)42-18-28-48-47-27-9-38(4)33-51(47)55(5,6)52(48)34-42)44-21-12-39(13-22-44)40-14-25-46(26-15-40)57-53-29-10-36(2)31-49(53)50-32-37(3)11-30-54(50)57/h7-34H,1-6H3. The van der Waals surface area contributed by atoms with Crippen molar-refractivity contribution in [1.82, 2.24) is 4.57 Å². The zero-order valence-corrected chi connectivity index (χ0v) is 33.6. The van der Waals surface area contributed by atoms with E-state index in [4.69, 9.17) is 0 Å². The van der Waals surface area contributed by atoms with E-state index in [2.05, 4.69) is 221 Å². The fourth-order valence-corrected chi connectivity index (χ4v) is 9.11. The summed E-state index contributed by atoms with van der Waals surface area (Å²) in [7, 11) is 0. The molecule has 0 saturated heterocycles. The largest absolute Gasteiger partial charge is 0.311 e. The summed E-state index contributed by atoms with van der Waals surface area (Å²) in [5.74, 6) is 0. The summed E-state index contributed by atoms with van der Waals surface area (Å²) in [6.45, 7) is 13.4. The molecular weight excluding hydrogens is 689 g/mol. The number of rotatable bonds is 6. The summed E-state index contributed by atoms with van der Waals surface area (Å²) in [5, 5.41) is 2.60.